The summed E-state index contributed by atoms with van der Waals surface area (Å²) in [5, 5.41) is 0. The van der Waals surface area contributed by atoms with Crippen molar-refractivity contribution in [3.8, 4) is 0 Å². The lowest BCUT2D eigenvalue weighted by atomic mass is 10.0. The number of halogens is 1. The summed E-state index contributed by atoms with van der Waals surface area (Å²) in [6, 6.07) is 8.17. The van der Waals surface area contributed by atoms with Crippen molar-refractivity contribution in [3.05, 3.63) is 40.9 Å². The van der Waals surface area contributed by atoms with Crippen LogP contribution in [-0.4, -0.2) is 17.7 Å². The predicted molar refractivity (Wildman–Crippen MR) is 91.5 cm³/mol. The van der Waals surface area contributed by atoms with E-state index in [0.717, 1.165) is 30.5 Å². The van der Waals surface area contributed by atoms with Crippen molar-refractivity contribution in [1.29, 1.82) is 0 Å². The highest BCUT2D eigenvalue weighted by Gasteiger charge is 2.35. The number of hydrogen-bond acceptors (Lipinski definition) is 2. The van der Waals surface area contributed by atoms with E-state index in [0.29, 0.717) is 0 Å². The van der Waals surface area contributed by atoms with Crippen LogP contribution in [0.5, 0.6) is 0 Å². The first kappa shape index (κ1) is 16.9. The summed E-state index contributed by atoms with van der Waals surface area (Å²) in [5.41, 5.74) is 4.41. The molecular formula is C18H24ClNO2. The number of ether oxygens (including phenoxy) is 1. The van der Waals surface area contributed by atoms with Crippen LogP contribution in [0.25, 0.3) is 0 Å². The minimum atomic E-state index is -0.495. The number of nitrogens with zero attached hydrogens (tertiary/aromatic N) is 1. The molecule has 1 atom stereocenters. The van der Waals surface area contributed by atoms with Gasteiger partial charge in [-0.2, -0.15) is 0 Å². The van der Waals surface area contributed by atoms with Crippen LogP contribution in [0.1, 0.15) is 46.1 Å². The molecule has 0 saturated heterocycles. The highest BCUT2D eigenvalue weighted by Crippen LogP contribution is 2.35. The molecule has 0 aliphatic carbocycles. The van der Waals surface area contributed by atoms with Crippen LogP contribution < -0.4 is 4.90 Å². The summed E-state index contributed by atoms with van der Waals surface area (Å²) >= 11 is 5.75. The third kappa shape index (κ3) is 4.04. The average Bonchev–Trinajstić information content (AvgIpc) is 2.81. The van der Waals surface area contributed by atoms with Gasteiger partial charge in [-0.15, -0.1) is 0 Å². The molecule has 120 valence electrons. The van der Waals surface area contributed by atoms with Crippen molar-refractivity contribution in [2.24, 2.45) is 0 Å². The van der Waals surface area contributed by atoms with E-state index in [1.807, 2.05) is 50.8 Å². The maximum absolute atomic E-state index is 12.6. The number of carbonyl (C=O) groups is 1. The molecule has 1 aromatic carbocycles. The summed E-state index contributed by atoms with van der Waals surface area (Å²) in [4.78, 5) is 14.4. The molecule has 1 aliphatic rings. The zero-order valence-corrected chi connectivity index (χ0v) is 14.5. The molecule has 0 fully saturated rings. The lowest BCUT2D eigenvalue weighted by molar-refractivity contribution is 0.0568. The molecule has 1 aliphatic heterocycles. The van der Waals surface area contributed by atoms with Gasteiger partial charge in [-0.1, -0.05) is 35.4 Å². The highest BCUT2D eigenvalue weighted by atomic mass is 35.5. The van der Waals surface area contributed by atoms with Crippen molar-refractivity contribution in [3.63, 3.8) is 0 Å². The minimum absolute atomic E-state index is 0.124. The molecule has 0 bridgehead atoms. The number of allylic oxidation sites excluding steroid dienone is 1. The van der Waals surface area contributed by atoms with Crippen LogP contribution in [0.3, 0.4) is 0 Å². The third-order valence-corrected chi connectivity index (χ3v) is 4.09. The second-order valence-corrected chi connectivity index (χ2v) is 7.05. The number of hydrogen-bond donors (Lipinski definition) is 0. The predicted octanol–water partition coefficient (Wildman–Crippen LogP) is 5.28. The number of anilines is 1. The largest absolute Gasteiger partial charge is 0.443 e. The van der Waals surface area contributed by atoms with Crippen LogP contribution in [0.2, 0.25) is 0 Å². The van der Waals surface area contributed by atoms with E-state index in [4.69, 9.17) is 16.3 Å². The van der Waals surface area contributed by atoms with Gasteiger partial charge in [0.15, 0.2) is 0 Å². The van der Waals surface area contributed by atoms with Crippen molar-refractivity contribution < 1.29 is 9.53 Å². The number of fused-ring (bicyclic) bond motifs is 1. The molecule has 2 rings (SSSR count). The SMILES string of the molecule is C/C(=C\Cl)CC[C@H]1Cc2ccccc2N1C(=O)OC(C)(C)C. The lowest BCUT2D eigenvalue weighted by Crippen LogP contribution is -2.41. The van der Waals surface area contributed by atoms with Crippen molar-refractivity contribution in [2.75, 3.05) is 4.90 Å². The maximum Gasteiger partial charge on any atom is 0.415 e. The van der Waals surface area contributed by atoms with Gasteiger partial charge in [0.2, 0.25) is 0 Å². The zero-order chi connectivity index (χ0) is 16.3. The van der Waals surface area contributed by atoms with Gasteiger partial charge in [0, 0.05) is 11.6 Å². The number of para-hydroxylation sites is 1. The molecule has 0 N–H and O–H groups in total. The van der Waals surface area contributed by atoms with Gasteiger partial charge < -0.3 is 4.74 Å². The van der Waals surface area contributed by atoms with E-state index < -0.39 is 5.60 Å². The van der Waals surface area contributed by atoms with Crippen LogP contribution in [-0.2, 0) is 11.2 Å². The Morgan fingerprint density at radius 2 is 2.09 bits per heavy atom. The molecule has 22 heavy (non-hydrogen) atoms. The molecule has 0 saturated carbocycles. The quantitative estimate of drug-likeness (QED) is 0.758. The topological polar surface area (TPSA) is 29.5 Å². The van der Waals surface area contributed by atoms with Gasteiger partial charge >= 0.3 is 6.09 Å². The molecule has 1 heterocycles. The number of amides is 1. The third-order valence-electron chi connectivity index (χ3n) is 3.72. The molecule has 0 radical (unpaired) electrons. The van der Waals surface area contributed by atoms with Gasteiger partial charge in [-0.05, 0) is 58.6 Å². The molecule has 4 heteroatoms. The fourth-order valence-electron chi connectivity index (χ4n) is 2.70. The van der Waals surface area contributed by atoms with E-state index in [2.05, 4.69) is 6.07 Å². The van der Waals surface area contributed by atoms with Crippen LogP contribution >= 0.6 is 11.6 Å². The van der Waals surface area contributed by atoms with E-state index in [9.17, 15) is 4.79 Å². The summed E-state index contributed by atoms with van der Waals surface area (Å²) in [5.74, 6) is 0. The monoisotopic (exact) mass is 321 g/mol. The van der Waals surface area contributed by atoms with E-state index >= 15 is 0 Å². The lowest BCUT2D eigenvalue weighted by Gasteiger charge is -2.29. The summed E-state index contributed by atoms with van der Waals surface area (Å²) < 4.78 is 5.59. The number of rotatable bonds is 3. The maximum atomic E-state index is 12.6. The Bertz CT molecular complexity index is 575. The molecule has 1 aromatic rings. The van der Waals surface area contributed by atoms with Crippen molar-refractivity contribution in [1.82, 2.24) is 0 Å². The van der Waals surface area contributed by atoms with Gasteiger partial charge in [-0.25, -0.2) is 4.79 Å². The molecular weight excluding hydrogens is 298 g/mol. The molecule has 0 aromatic heterocycles. The van der Waals surface area contributed by atoms with Crippen LogP contribution in [0, 0.1) is 0 Å². The van der Waals surface area contributed by atoms with Gasteiger partial charge in [0.25, 0.3) is 0 Å². The van der Waals surface area contributed by atoms with Crippen LogP contribution in [0.4, 0.5) is 10.5 Å². The van der Waals surface area contributed by atoms with Crippen molar-refractivity contribution in [2.45, 2.75) is 58.6 Å². The summed E-state index contributed by atoms with van der Waals surface area (Å²) in [6.07, 6.45) is 2.35. The highest BCUT2D eigenvalue weighted by molar-refractivity contribution is 6.25. The Balaban J connectivity index is 2.21. The molecule has 0 unspecified atom stereocenters. The first-order valence-electron chi connectivity index (χ1n) is 7.68. The normalized spacial score (nSPS) is 18.3. The van der Waals surface area contributed by atoms with E-state index in [1.54, 1.807) is 5.54 Å². The Labute approximate surface area is 137 Å². The van der Waals surface area contributed by atoms with E-state index in [1.165, 1.54) is 5.56 Å². The van der Waals surface area contributed by atoms with Crippen molar-refractivity contribution >= 4 is 23.4 Å². The van der Waals surface area contributed by atoms with Crippen LogP contribution in [0.15, 0.2) is 35.4 Å². The van der Waals surface area contributed by atoms with Gasteiger partial charge in [0.05, 0.1) is 5.69 Å². The number of carbonyl (C=O) groups excluding carboxylic acids is 1. The summed E-state index contributed by atoms with van der Waals surface area (Å²) in [7, 11) is 0. The molecule has 0 spiro atoms. The number of benzene rings is 1. The minimum Gasteiger partial charge on any atom is -0.443 e. The second kappa shape index (κ2) is 6.74. The standard InChI is InChI=1S/C18H24ClNO2/c1-13(12-19)9-10-15-11-14-7-5-6-8-16(14)20(15)17(21)22-18(2,3)4/h5-8,12,15H,9-11H2,1-4H3/b13-12+/t15-/m0/s1. The zero-order valence-electron chi connectivity index (χ0n) is 13.7. The van der Waals surface area contributed by atoms with Gasteiger partial charge in [-0.3, -0.25) is 4.90 Å². The fraction of sp³-hybridized carbons (Fsp3) is 0.500. The Hall–Kier alpha value is -1.48. The first-order chi connectivity index (χ1) is 10.3. The Kier molecular flexibility index (Phi) is 5.17. The molecule has 1 amide bonds. The van der Waals surface area contributed by atoms with E-state index in [-0.39, 0.29) is 12.1 Å². The Morgan fingerprint density at radius 3 is 2.73 bits per heavy atom. The Morgan fingerprint density at radius 1 is 1.41 bits per heavy atom. The molecule has 3 nitrogen and oxygen atoms in total. The second-order valence-electron chi connectivity index (χ2n) is 6.83. The first-order valence-corrected chi connectivity index (χ1v) is 8.11. The summed E-state index contributed by atoms with van der Waals surface area (Å²) in [6.45, 7) is 7.68. The van der Waals surface area contributed by atoms with Gasteiger partial charge in [0.1, 0.15) is 5.60 Å². The fourth-order valence-corrected chi connectivity index (χ4v) is 2.81. The smallest absolute Gasteiger partial charge is 0.415 e. The average molecular weight is 322 g/mol.